The predicted molar refractivity (Wildman–Crippen MR) is 51.3 cm³/mol. The molecule has 2 bridgehead atoms. The van der Waals surface area contributed by atoms with Crippen molar-refractivity contribution in [1.29, 1.82) is 0 Å². The molecule has 0 radical (unpaired) electrons. The summed E-state index contributed by atoms with van der Waals surface area (Å²) in [5.74, 6) is 0.164. The first kappa shape index (κ1) is 6.84. The van der Waals surface area contributed by atoms with Gasteiger partial charge in [-0.1, -0.05) is 30.8 Å². The Morgan fingerprint density at radius 1 is 1.23 bits per heavy atom. The lowest BCUT2D eigenvalue weighted by Gasteiger charge is -2.09. The molecule has 1 unspecified atom stereocenters. The topological polar surface area (TPSA) is 17.1 Å². The summed E-state index contributed by atoms with van der Waals surface area (Å²) in [7, 11) is 0. The highest BCUT2D eigenvalue weighted by Crippen LogP contribution is 2.47. The number of hydrogen-bond acceptors (Lipinski definition) is 1. The van der Waals surface area contributed by atoms with Gasteiger partial charge in [0.25, 0.3) is 0 Å². The van der Waals surface area contributed by atoms with E-state index in [-0.39, 0.29) is 11.7 Å². The van der Waals surface area contributed by atoms with E-state index in [1.165, 1.54) is 0 Å². The number of allylic oxidation sites excluding steroid dienone is 3. The van der Waals surface area contributed by atoms with Gasteiger partial charge in [-0.15, -0.1) is 0 Å². The van der Waals surface area contributed by atoms with E-state index in [1.54, 1.807) is 0 Å². The lowest BCUT2D eigenvalue weighted by molar-refractivity contribution is -0.113. The van der Waals surface area contributed by atoms with E-state index in [1.807, 2.05) is 30.3 Å². The second-order valence-electron chi connectivity index (χ2n) is 3.52. The Morgan fingerprint density at radius 2 is 2.00 bits per heavy atom. The number of rotatable bonds is 0. The van der Waals surface area contributed by atoms with E-state index in [0.717, 1.165) is 22.3 Å². The first-order valence-corrected chi connectivity index (χ1v) is 4.33. The van der Waals surface area contributed by atoms with Crippen LogP contribution in [0, 0.1) is 0 Å². The summed E-state index contributed by atoms with van der Waals surface area (Å²) < 4.78 is 0. The normalized spacial score (nSPS) is 23.4. The fraction of sp³-hybridized carbons (Fsp3) is 0.0833. The van der Waals surface area contributed by atoms with Crippen LogP contribution in [0.25, 0.3) is 5.57 Å². The van der Waals surface area contributed by atoms with Crippen LogP contribution in [0.3, 0.4) is 0 Å². The van der Waals surface area contributed by atoms with Crippen LogP contribution in [-0.2, 0) is 4.79 Å². The average Bonchev–Trinajstić information content (AvgIpc) is 2.56. The minimum Gasteiger partial charge on any atom is -0.293 e. The molecule has 0 amide bonds. The van der Waals surface area contributed by atoms with Crippen molar-refractivity contribution >= 4 is 11.4 Å². The highest BCUT2D eigenvalue weighted by molar-refractivity contribution is 6.32. The monoisotopic (exact) mass is 168 g/mol. The molecule has 1 nitrogen and oxygen atoms in total. The van der Waals surface area contributed by atoms with Crippen LogP contribution in [0.4, 0.5) is 0 Å². The van der Waals surface area contributed by atoms with E-state index >= 15 is 0 Å². The first-order valence-electron chi connectivity index (χ1n) is 4.33. The fourth-order valence-electron chi connectivity index (χ4n) is 2.21. The number of carbonyl (C=O) groups excluding carboxylic acids is 1. The van der Waals surface area contributed by atoms with Crippen LogP contribution < -0.4 is 0 Å². The summed E-state index contributed by atoms with van der Waals surface area (Å²) in [6.45, 7) is 3.89. The van der Waals surface area contributed by atoms with Crippen LogP contribution in [0.1, 0.15) is 17.0 Å². The molecular formula is C12H8O. The molecule has 1 atom stereocenters. The Balaban J connectivity index is 2.39. The lowest BCUT2D eigenvalue weighted by atomic mass is 9.93. The Labute approximate surface area is 76.4 Å². The average molecular weight is 168 g/mol. The van der Waals surface area contributed by atoms with Crippen molar-refractivity contribution in [1.82, 2.24) is 0 Å². The Kier molecular flexibility index (Phi) is 1.05. The second-order valence-corrected chi connectivity index (χ2v) is 3.52. The maximum Gasteiger partial charge on any atom is 0.175 e. The summed E-state index contributed by atoms with van der Waals surface area (Å²) in [6.07, 6.45) is 1.91. The smallest absolute Gasteiger partial charge is 0.175 e. The van der Waals surface area contributed by atoms with Gasteiger partial charge >= 0.3 is 0 Å². The minimum absolute atomic E-state index is 0.0637. The van der Waals surface area contributed by atoms with Crippen molar-refractivity contribution < 1.29 is 4.79 Å². The molecule has 0 saturated carbocycles. The largest absolute Gasteiger partial charge is 0.293 e. The Morgan fingerprint density at radius 3 is 2.85 bits per heavy atom. The summed E-state index contributed by atoms with van der Waals surface area (Å²) in [5.41, 5.74) is 4.03. The number of Topliss-reactive ketones (excluding diaryl/α,β-unsaturated/α-hetero) is 1. The third-order valence-electron chi connectivity index (χ3n) is 2.79. The highest BCUT2D eigenvalue weighted by Gasteiger charge is 2.40. The maximum atomic E-state index is 11.7. The molecule has 2 aliphatic rings. The lowest BCUT2D eigenvalue weighted by Crippen LogP contribution is -2.00. The predicted octanol–water partition coefficient (Wildman–Crippen LogP) is 2.31. The second kappa shape index (κ2) is 1.99. The first-order chi connectivity index (χ1) is 6.29. The molecule has 0 fully saturated rings. The number of fused-ring (bicyclic) bond motifs is 5. The molecule has 0 heterocycles. The van der Waals surface area contributed by atoms with E-state index < -0.39 is 0 Å². The van der Waals surface area contributed by atoms with E-state index in [4.69, 9.17) is 0 Å². The molecule has 3 rings (SSSR count). The SMILES string of the molecule is C=C1C=C2C(=O)C1c1ccccc12. The summed E-state index contributed by atoms with van der Waals surface area (Å²) >= 11 is 0. The summed E-state index contributed by atoms with van der Waals surface area (Å²) in [6, 6.07) is 7.96. The molecular weight excluding hydrogens is 160 g/mol. The van der Waals surface area contributed by atoms with Gasteiger partial charge < -0.3 is 0 Å². The third kappa shape index (κ3) is 0.652. The molecule has 0 N–H and O–H groups in total. The molecule has 0 aromatic heterocycles. The minimum atomic E-state index is -0.0637. The Bertz CT molecular complexity index is 466. The zero-order chi connectivity index (χ0) is 9.00. The van der Waals surface area contributed by atoms with Gasteiger partial charge in [-0.2, -0.15) is 0 Å². The van der Waals surface area contributed by atoms with Gasteiger partial charge in [0.2, 0.25) is 0 Å². The van der Waals surface area contributed by atoms with Gasteiger partial charge in [-0.25, -0.2) is 0 Å². The van der Waals surface area contributed by atoms with Crippen molar-refractivity contribution in [3.05, 3.63) is 53.6 Å². The Hall–Kier alpha value is -1.63. The molecule has 1 heteroatoms. The molecule has 62 valence electrons. The van der Waals surface area contributed by atoms with Gasteiger partial charge in [0, 0.05) is 5.57 Å². The quantitative estimate of drug-likeness (QED) is 0.581. The molecule has 0 spiro atoms. The van der Waals surface area contributed by atoms with E-state index in [2.05, 4.69) is 6.58 Å². The van der Waals surface area contributed by atoms with Crippen LogP contribution in [0.15, 0.2) is 42.5 Å². The van der Waals surface area contributed by atoms with E-state index in [9.17, 15) is 4.79 Å². The third-order valence-corrected chi connectivity index (χ3v) is 2.79. The molecule has 2 aliphatic carbocycles. The van der Waals surface area contributed by atoms with Gasteiger partial charge in [-0.05, 0) is 22.8 Å². The van der Waals surface area contributed by atoms with Crippen LogP contribution >= 0.6 is 0 Å². The van der Waals surface area contributed by atoms with Gasteiger partial charge in [0.05, 0.1) is 5.92 Å². The van der Waals surface area contributed by atoms with Crippen molar-refractivity contribution in [2.75, 3.05) is 0 Å². The number of benzene rings is 1. The number of hydrogen-bond donors (Lipinski definition) is 0. The van der Waals surface area contributed by atoms with Crippen LogP contribution in [0.2, 0.25) is 0 Å². The molecule has 1 aromatic carbocycles. The molecule has 0 saturated heterocycles. The van der Waals surface area contributed by atoms with Crippen LogP contribution in [0.5, 0.6) is 0 Å². The van der Waals surface area contributed by atoms with Crippen molar-refractivity contribution in [2.45, 2.75) is 5.92 Å². The molecule has 0 aliphatic heterocycles. The maximum absolute atomic E-state index is 11.7. The van der Waals surface area contributed by atoms with Gasteiger partial charge in [-0.3, -0.25) is 4.79 Å². The van der Waals surface area contributed by atoms with Crippen molar-refractivity contribution in [2.24, 2.45) is 0 Å². The summed E-state index contributed by atoms with van der Waals surface area (Å²) in [4.78, 5) is 11.7. The zero-order valence-electron chi connectivity index (χ0n) is 7.08. The standard InChI is InChI=1S/C12H8O/c1-7-6-10-8-4-2-3-5-9(8)11(7)12(10)13/h2-6,11H,1H2. The summed E-state index contributed by atoms with van der Waals surface area (Å²) in [5, 5.41) is 0. The van der Waals surface area contributed by atoms with Gasteiger partial charge in [0.15, 0.2) is 5.78 Å². The van der Waals surface area contributed by atoms with Crippen molar-refractivity contribution in [3.8, 4) is 0 Å². The van der Waals surface area contributed by atoms with E-state index in [0.29, 0.717) is 0 Å². The number of ketones is 1. The molecule has 1 aromatic rings. The zero-order valence-corrected chi connectivity index (χ0v) is 7.08. The van der Waals surface area contributed by atoms with Crippen molar-refractivity contribution in [3.63, 3.8) is 0 Å². The molecule has 13 heavy (non-hydrogen) atoms. The fourth-order valence-corrected chi connectivity index (χ4v) is 2.21. The van der Waals surface area contributed by atoms with Gasteiger partial charge in [0.1, 0.15) is 0 Å². The number of carbonyl (C=O) groups is 1. The van der Waals surface area contributed by atoms with Crippen LogP contribution in [-0.4, -0.2) is 5.78 Å². The highest BCUT2D eigenvalue weighted by atomic mass is 16.1.